The van der Waals surface area contributed by atoms with Gasteiger partial charge >= 0.3 is 0 Å². The van der Waals surface area contributed by atoms with Gasteiger partial charge in [-0.2, -0.15) is 0 Å². The summed E-state index contributed by atoms with van der Waals surface area (Å²) in [4.78, 5) is 4.18. The molecule has 0 saturated heterocycles. The molecule has 1 N–H and O–H groups in total. The predicted molar refractivity (Wildman–Crippen MR) is 67.0 cm³/mol. The summed E-state index contributed by atoms with van der Waals surface area (Å²) in [6, 6.07) is 3.27. The van der Waals surface area contributed by atoms with Gasteiger partial charge in [-0.05, 0) is 34.1 Å². The van der Waals surface area contributed by atoms with Crippen LogP contribution >= 0.6 is 15.9 Å². The topological polar surface area (TPSA) is 38.0 Å². The van der Waals surface area contributed by atoms with E-state index in [0.717, 1.165) is 18.2 Å². The maximum Gasteiger partial charge on any atom is 0.132 e. The van der Waals surface area contributed by atoms with Crippen LogP contribution in [-0.2, 0) is 13.5 Å². The molecule has 0 unspecified atom stereocenters. The molecule has 1 heterocycles. The van der Waals surface area contributed by atoms with E-state index in [0.29, 0.717) is 22.5 Å². The molecule has 1 aromatic carbocycles. The molecule has 0 saturated carbocycles. The Morgan fingerprint density at radius 3 is 2.78 bits per heavy atom. The monoisotopic (exact) mass is 316 g/mol. The van der Waals surface area contributed by atoms with Gasteiger partial charge in [0.05, 0.1) is 12.3 Å². The van der Waals surface area contributed by atoms with E-state index in [2.05, 4.69) is 20.9 Å². The van der Waals surface area contributed by atoms with E-state index in [1.165, 1.54) is 0 Å². The lowest BCUT2D eigenvalue weighted by atomic mass is 10.1. The van der Waals surface area contributed by atoms with Crippen molar-refractivity contribution >= 4 is 15.9 Å². The molecule has 0 bridgehead atoms. The van der Waals surface area contributed by atoms with Crippen LogP contribution in [0, 0.1) is 11.6 Å². The lowest BCUT2D eigenvalue weighted by molar-refractivity contribution is 0.295. The highest BCUT2D eigenvalue weighted by molar-refractivity contribution is 9.10. The zero-order valence-corrected chi connectivity index (χ0v) is 11.2. The first-order valence-electron chi connectivity index (χ1n) is 5.32. The van der Waals surface area contributed by atoms with Gasteiger partial charge in [0.1, 0.15) is 22.1 Å². The molecule has 3 nitrogen and oxygen atoms in total. The van der Waals surface area contributed by atoms with Crippen molar-refractivity contribution < 1.29 is 13.9 Å². The van der Waals surface area contributed by atoms with E-state index >= 15 is 0 Å². The number of halogens is 3. The smallest absolute Gasteiger partial charge is 0.132 e. The Labute approximate surface area is 111 Å². The highest BCUT2D eigenvalue weighted by atomic mass is 79.9. The van der Waals surface area contributed by atoms with Gasteiger partial charge in [-0.3, -0.25) is 0 Å². The molecule has 0 aliphatic rings. The van der Waals surface area contributed by atoms with E-state index in [1.807, 2.05) is 0 Å². The fourth-order valence-corrected chi connectivity index (χ4v) is 2.49. The summed E-state index contributed by atoms with van der Waals surface area (Å²) in [5, 5.41) is 8.91. The van der Waals surface area contributed by atoms with Crippen molar-refractivity contribution in [2.24, 2.45) is 7.05 Å². The average Bonchev–Trinajstić information content (AvgIpc) is 2.59. The van der Waals surface area contributed by atoms with Crippen molar-refractivity contribution in [3.8, 4) is 11.3 Å². The molecule has 1 aromatic heterocycles. The van der Waals surface area contributed by atoms with Crippen LogP contribution in [0.3, 0.4) is 0 Å². The summed E-state index contributed by atoms with van der Waals surface area (Å²) in [5.41, 5.74) is 0.594. The lowest BCUT2D eigenvalue weighted by Crippen LogP contribution is -2.03. The largest absolute Gasteiger partial charge is 0.396 e. The standard InChI is InChI=1S/C12H11BrF2N2O/c1-17-10(4-5-18)16-12(13)11(17)8-6-7(14)2-3-9(8)15/h2-3,6,18H,4-5H2,1H3. The second-order valence-corrected chi connectivity index (χ2v) is 4.58. The molecule has 2 aromatic rings. The number of imidazole rings is 1. The molecule has 0 atom stereocenters. The van der Waals surface area contributed by atoms with Gasteiger partial charge in [0.2, 0.25) is 0 Å². The third kappa shape index (κ3) is 2.30. The molecule has 0 spiro atoms. The molecule has 0 aliphatic carbocycles. The Bertz CT molecular complexity index is 584. The van der Waals surface area contributed by atoms with E-state index in [4.69, 9.17) is 5.11 Å². The van der Waals surface area contributed by atoms with Crippen molar-refractivity contribution in [1.82, 2.24) is 9.55 Å². The fraction of sp³-hybridized carbons (Fsp3) is 0.250. The third-order valence-electron chi connectivity index (χ3n) is 2.66. The Morgan fingerprint density at radius 2 is 2.11 bits per heavy atom. The molecule has 6 heteroatoms. The second kappa shape index (κ2) is 5.16. The first kappa shape index (κ1) is 13.2. The maximum absolute atomic E-state index is 13.7. The Balaban J connectivity index is 2.60. The summed E-state index contributed by atoms with van der Waals surface area (Å²) in [7, 11) is 1.70. The van der Waals surface area contributed by atoms with Gasteiger partial charge in [-0.25, -0.2) is 13.8 Å². The van der Waals surface area contributed by atoms with Crippen LogP contribution in [0.15, 0.2) is 22.8 Å². The summed E-state index contributed by atoms with van der Waals surface area (Å²) in [6.45, 7) is -0.0532. The maximum atomic E-state index is 13.7. The van der Waals surface area contributed by atoms with Gasteiger partial charge in [-0.1, -0.05) is 0 Å². The van der Waals surface area contributed by atoms with Crippen molar-refractivity contribution in [2.75, 3.05) is 6.61 Å². The number of aromatic nitrogens is 2. The highest BCUT2D eigenvalue weighted by Gasteiger charge is 2.17. The van der Waals surface area contributed by atoms with Gasteiger partial charge in [0, 0.05) is 19.0 Å². The minimum atomic E-state index is -0.518. The van der Waals surface area contributed by atoms with Gasteiger partial charge in [0.25, 0.3) is 0 Å². The second-order valence-electron chi connectivity index (χ2n) is 3.82. The molecule has 96 valence electrons. The Morgan fingerprint density at radius 1 is 1.39 bits per heavy atom. The molecule has 18 heavy (non-hydrogen) atoms. The number of hydrogen-bond donors (Lipinski definition) is 1. The first-order valence-corrected chi connectivity index (χ1v) is 6.11. The average molecular weight is 317 g/mol. The SMILES string of the molecule is Cn1c(CCO)nc(Br)c1-c1cc(F)ccc1F. The zero-order chi connectivity index (χ0) is 13.3. The minimum Gasteiger partial charge on any atom is -0.396 e. The number of nitrogens with zero attached hydrogens (tertiary/aromatic N) is 2. The van der Waals surface area contributed by atoms with Crippen LogP contribution in [-0.4, -0.2) is 21.3 Å². The van der Waals surface area contributed by atoms with E-state index in [-0.39, 0.29) is 12.2 Å². The van der Waals surface area contributed by atoms with E-state index in [9.17, 15) is 8.78 Å². The number of aliphatic hydroxyl groups is 1. The summed E-state index contributed by atoms with van der Waals surface area (Å²) in [5.74, 6) is -0.429. The summed E-state index contributed by atoms with van der Waals surface area (Å²) >= 11 is 3.23. The van der Waals surface area contributed by atoms with E-state index < -0.39 is 11.6 Å². The molecular weight excluding hydrogens is 306 g/mol. The van der Waals surface area contributed by atoms with Crippen LogP contribution < -0.4 is 0 Å². The number of aliphatic hydroxyl groups excluding tert-OH is 1. The van der Waals surface area contributed by atoms with Crippen molar-refractivity contribution in [3.05, 3.63) is 40.3 Å². The number of hydrogen-bond acceptors (Lipinski definition) is 2. The van der Waals surface area contributed by atoms with Crippen LogP contribution in [0.1, 0.15) is 5.82 Å². The fourth-order valence-electron chi connectivity index (χ4n) is 1.80. The third-order valence-corrected chi connectivity index (χ3v) is 3.22. The number of benzene rings is 1. The predicted octanol–water partition coefficient (Wildman–Crippen LogP) is 2.66. The van der Waals surface area contributed by atoms with Gasteiger partial charge in [-0.15, -0.1) is 0 Å². The van der Waals surface area contributed by atoms with Crippen molar-refractivity contribution in [2.45, 2.75) is 6.42 Å². The molecular formula is C12H11BrF2N2O. The van der Waals surface area contributed by atoms with Crippen molar-refractivity contribution in [3.63, 3.8) is 0 Å². The first-order chi connectivity index (χ1) is 8.54. The van der Waals surface area contributed by atoms with Crippen LogP contribution in [0.25, 0.3) is 11.3 Å². The molecule has 2 rings (SSSR count). The summed E-state index contributed by atoms with van der Waals surface area (Å²) < 4.78 is 29.0. The summed E-state index contributed by atoms with van der Waals surface area (Å²) in [6.07, 6.45) is 0.353. The van der Waals surface area contributed by atoms with Crippen LogP contribution in [0.5, 0.6) is 0 Å². The normalized spacial score (nSPS) is 10.9. The Hall–Kier alpha value is -1.27. The Kier molecular flexibility index (Phi) is 3.77. The number of rotatable bonds is 3. The molecule has 0 amide bonds. The minimum absolute atomic E-state index is 0.0532. The molecule has 0 radical (unpaired) electrons. The highest BCUT2D eigenvalue weighted by Crippen LogP contribution is 2.31. The van der Waals surface area contributed by atoms with Gasteiger partial charge < -0.3 is 9.67 Å². The van der Waals surface area contributed by atoms with Crippen molar-refractivity contribution in [1.29, 1.82) is 0 Å². The lowest BCUT2D eigenvalue weighted by Gasteiger charge is -2.07. The zero-order valence-electron chi connectivity index (χ0n) is 9.62. The molecule has 0 fully saturated rings. The van der Waals surface area contributed by atoms with Gasteiger partial charge in [0.15, 0.2) is 0 Å². The quantitative estimate of drug-likeness (QED) is 0.945. The van der Waals surface area contributed by atoms with Crippen LogP contribution in [0.4, 0.5) is 8.78 Å². The van der Waals surface area contributed by atoms with E-state index in [1.54, 1.807) is 11.6 Å². The van der Waals surface area contributed by atoms with Crippen LogP contribution in [0.2, 0.25) is 0 Å². The molecule has 0 aliphatic heterocycles.